The van der Waals surface area contributed by atoms with Crippen molar-refractivity contribution in [2.24, 2.45) is 0 Å². The number of aliphatic carboxylic acids is 1. The smallest absolute Gasteiger partial charge is 0.323 e. The monoisotopic (exact) mass is 179 g/mol. The van der Waals surface area contributed by atoms with Crippen LogP contribution in [0.3, 0.4) is 0 Å². The number of carboxylic acids is 1. The lowest BCUT2D eigenvalue weighted by Gasteiger charge is -2.13. The highest BCUT2D eigenvalue weighted by Gasteiger charge is 2.16. The second-order valence-electron chi connectivity index (χ2n) is 2.32. The van der Waals surface area contributed by atoms with Crippen LogP contribution in [0.15, 0.2) is 0 Å². The summed E-state index contributed by atoms with van der Waals surface area (Å²) in [5, 5.41) is 36.4. The summed E-state index contributed by atoms with van der Waals surface area (Å²) in [6, 6.07) is -1.09. The quantitative estimate of drug-likeness (QED) is 0.305. The normalized spacial score (nSPS) is 15.6. The Bertz CT molecular complexity index is 140. The predicted molar refractivity (Wildman–Crippen MR) is 39.6 cm³/mol. The van der Waals surface area contributed by atoms with Gasteiger partial charge in [0.1, 0.15) is 6.04 Å². The Morgan fingerprint density at radius 1 is 1.33 bits per heavy atom. The minimum Gasteiger partial charge on any atom is -0.480 e. The maximum absolute atomic E-state index is 10.3. The van der Waals surface area contributed by atoms with Gasteiger partial charge in [0.05, 0.1) is 19.3 Å². The molecule has 0 saturated heterocycles. The average Bonchev–Trinajstić information content (AvgIpc) is 2.04. The molecule has 0 heterocycles. The van der Waals surface area contributed by atoms with E-state index in [0.29, 0.717) is 0 Å². The Hall–Kier alpha value is -0.690. The van der Waals surface area contributed by atoms with Gasteiger partial charge in [-0.15, -0.1) is 0 Å². The van der Waals surface area contributed by atoms with E-state index in [1.54, 1.807) is 0 Å². The number of rotatable bonds is 6. The molecule has 0 fully saturated rings. The summed E-state index contributed by atoms with van der Waals surface area (Å²) in [5.41, 5.74) is 0. The second-order valence-corrected chi connectivity index (χ2v) is 2.32. The van der Waals surface area contributed by atoms with Crippen molar-refractivity contribution in [1.82, 2.24) is 5.32 Å². The van der Waals surface area contributed by atoms with Gasteiger partial charge in [-0.3, -0.25) is 10.1 Å². The zero-order valence-electron chi connectivity index (χ0n) is 6.47. The highest BCUT2D eigenvalue weighted by Crippen LogP contribution is 1.84. The van der Waals surface area contributed by atoms with Gasteiger partial charge in [-0.25, -0.2) is 0 Å². The summed E-state index contributed by atoms with van der Waals surface area (Å²) in [7, 11) is 0. The first kappa shape index (κ1) is 11.3. The predicted octanol–water partition coefficient (Wildman–Crippen LogP) is -2.63. The van der Waals surface area contributed by atoms with Crippen LogP contribution in [0.4, 0.5) is 0 Å². The van der Waals surface area contributed by atoms with Crippen molar-refractivity contribution in [3.8, 4) is 0 Å². The van der Waals surface area contributed by atoms with E-state index in [-0.39, 0.29) is 6.54 Å². The van der Waals surface area contributed by atoms with Crippen LogP contribution < -0.4 is 5.32 Å². The maximum atomic E-state index is 10.3. The molecule has 0 aromatic rings. The van der Waals surface area contributed by atoms with Crippen molar-refractivity contribution in [2.75, 3.05) is 19.8 Å². The van der Waals surface area contributed by atoms with Crippen LogP contribution in [0.1, 0.15) is 0 Å². The molecular formula is C6H13NO5. The number of aliphatic hydroxyl groups excluding tert-OH is 3. The molecule has 0 amide bonds. The van der Waals surface area contributed by atoms with Crippen LogP contribution in [0.25, 0.3) is 0 Å². The maximum Gasteiger partial charge on any atom is 0.323 e. The number of carbonyl (C=O) groups is 1. The van der Waals surface area contributed by atoms with E-state index >= 15 is 0 Å². The van der Waals surface area contributed by atoms with Gasteiger partial charge in [0.15, 0.2) is 0 Å². The molecule has 0 spiro atoms. The summed E-state index contributed by atoms with van der Waals surface area (Å²) in [4.78, 5) is 10.3. The van der Waals surface area contributed by atoms with Crippen molar-refractivity contribution in [3.05, 3.63) is 0 Å². The molecule has 1 unspecified atom stereocenters. The first-order valence-corrected chi connectivity index (χ1v) is 3.47. The molecular weight excluding hydrogens is 166 g/mol. The fourth-order valence-corrected chi connectivity index (χ4v) is 0.573. The molecule has 0 rings (SSSR count). The van der Waals surface area contributed by atoms with Gasteiger partial charge in [-0.2, -0.15) is 0 Å². The van der Waals surface area contributed by atoms with Crippen LogP contribution in [0.2, 0.25) is 0 Å². The van der Waals surface area contributed by atoms with Gasteiger partial charge in [-0.1, -0.05) is 0 Å². The summed E-state index contributed by atoms with van der Waals surface area (Å²) in [6.07, 6.45) is -1.00. The fourth-order valence-electron chi connectivity index (χ4n) is 0.573. The summed E-state index contributed by atoms with van der Waals surface area (Å²) < 4.78 is 0. The minimum absolute atomic E-state index is 0.0615. The summed E-state index contributed by atoms with van der Waals surface area (Å²) in [6.45, 7) is -1.05. The molecule has 0 aromatic carbocycles. The van der Waals surface area contributed by atoms with Gasteiger partial charge in [0.2, 0.25) is 0 Å². The van der Waals surface area contributed by atoms with E-state index in [4.69, 9.17) is 20.4 Å². The first-order chi connectivity index (χ1) is 5.61. The lowest BCUT2D eigenvalue weighted by Crippen LogP contribution is -2.44. The van der Waals surface area contributed by atoms with E-state index in [2.05, 4.69) is 5.32 Å². The van der Waals surface area contributed by atoms with Crippen LogP contribution in [-0.2, 0) is 4.79 Å². The number of nitrogens with one attached hydrogen (secondary N) is 1. The Morgan fingerprint density at radius 3 is 2.25 bits per heavy atom. The molecule has 0 aromatic heterocycles. The topological polar surface area (TPSA) is 110 Å². The molecule has 0 bridgehead atoms. The lowest BCUT2D eigenvalue weighted by atomic mass is 10.3. The van der Waals surface area contributed by atoms with Crippen molar-refractivity contribution in [3.63, 3.8) is 0 Å². The fraction of sp³-hybridized carbons (Fsp3) is 0.833. The van der Waals surface area contributed by atoms with E-state index in [0.717, 1.165) is 0 Å². The van der Waals surface area contributed by atoms with E-state index in [1.807, 2.05) is 0 Å². The van der Waals surface area contributed by atoms with Crippen LogP contribution in [0.5, 0.6) is 0 Å². The summed E-state index contributed by atoms with van der Waals surface area (Å²) in [5.74, 6) is -1.19. The molecule has 2 atom stereocenters. The third kappa shape index (κ3) is 4.24. The Labute approximate surface area is 69.5 Å². The zero-order valence-corrected chi connectivity index (χ0v) is 6.47. The average molecular weight is 179 g/mol. The molecule has 72 valence electrons. The van der Waals surface area contributed by atoms with E-state index < -0.39 is 31.3 Å². The number of hydrogen-bond donors (Lipinski definition) is 5. The third-order valence-electron chi connectivity index (χ3n) is 1.29. The SMILES string of the molecule is O=C(O)[C@H](CO)NCC(O)CO. The molecule has 6 heteroatoms. The van der Waals surface area contributed by atoms with Crippen molar-refractivity contribution in [1.29, 1.82) is 0 Å². The van der Waals surface area contributed by atoms with Gasteiger partial charge < -0.3 is 20.4 Å². The highest BCUT2D eigenvalue weighted by molar-refractivity contribution is 5.73. The number of hydrogen-bond acceptors (Lipinski definition) is 5. The number of aliphatic hydroxyl groups is 3. The van der Waals surface area contributed by atoms with Crippen molar-refractivity contribution in [2.45, 2.75) is 12.1 Å². The first-order valence-electron chi connectivity index (χ1n) is 3.47. The van der Waals surface area contributed by atoms with Gasteiger partial charge >= 0.3 is 5.97 Å². The molecule has 0 aliphatic rings. The van der Waals surface area contributed by atoms with Gasteiger partial charge in [-0.05, 0) is 0 Å². The minimum atomic E-state index is -1.19. The largest absolute Gasteiger partial charge is 0.480 e. The molecule has 0 aliphatic carbocycles. The Balaban J connectivity index is 3.65. The lowest BCUT2D eigenvalue weighted by molar-refractivity contribution is -0.140. The summed E-state index contributed by atoms with van der Waals surface area (Å²) >= 11 is 0. The van der Waals surface area contributed by atoms with Gasteiger partial charge in [0.25, 0.3) is 0 Å². The highest BCUT2D eigenvalue weighted by atomic mass is 16.4. The second kappa shape index (κ2) is 5.90. The van der Waals surface area contributed by atoms with Crippen LogP contribution in [-0.4, -0.2) is 58.3 Å². The van der Waals surface area contributed by atoms with E-state index in [1.165, 1.54) is 0 Å². The van der Waals surface area contributed by atoms with Gasteiger partial charge in [0, 0.05) is 6.54 Å². The van der Waals surface area contributed by atoms with Crippen molar-refractivity contribution >= 4 is 5.97 Å². The van der Waals surface area contributed by atoms with E-state index in [9.17, 15) is 4.79 Å². The molecule has 0 saturated carbocycles. The molecule has 5 N–H and O–H groups in total. The molecule has 0 radical (unpaired) electrons. The molecule has 12 heavy (non-hydrogen) atoms. The number of carboxylic acid groups (broad SMARTS) is 1. The standard InChI is InChI=1S/C6H13NO5/c8-2-4(10)1-7-5(3-9)6(11)12/h4-5,7-10H,1-3H2,(H,11,12)/t4?,5-/m0/s1. The Morgan fingerprint density at radius 2 is 1.92 bits per heavy atom. The van der Waals surface area contributed by atoms with Crippen LogP contribution >= 0.6 is 0 Å². The molecule has 0 aliphatic heterocycles. The van der Waals surface area contributed by atoms with Crippen LogP contribution in [0, 0.1) is 0 Å². The third-order valence-corrected chi connectivity index (χ3v) is 1.29. The van der Waals surface area contributed by atoms with Crippen molar-refractivity contribution < 1.29 is 25.2 Å². The Kier molecular flexibility index (Phi) is 5.56. The zero-order chi connectivity index (χ0) is 9.56. The molecule has 6 nitrogen and oxygen atoms in total.